The second kappa shape index (κ2) is 7.97. The summed E-state index contributed by atoms with van der Waals surface area (Å²) in [6.45, 7) is 4.73. The number of nitrogens with one attached hydrogen (secondary N) is 1. The number of hydrogen-bond donors (Lipinski definition) is 1. The number of hydrogen-bond acceptors (Lipinski definition) is 5. The van der Waals surface area contributed by atoms with Crippen LogP contribution in [0.2, 0.25) is 10.0 Å². The molecule has 0 saturated carbocycles. The largest absolute Gasteiger partial charge is 0.378 e. The molecule has 0 bridgehead atoms. The lowest BCUT2D eigenvalue weighted by Gasteiger charge is -2.39. The molecule has 5 rings (SSSR count). The quantitative estimate of drug-likeness (QED) is 0.592. The lowest BCUT2D eigenvalue weighted by molar-refractivity contribution is 0.0974. The van der Waals surface area contributed by atoms with Crippen LogP contribution in [0.1, 0.15) is 26.2 Å². The van der Waals surface area contributed by atoms with Gasteiger partial charge in [-0.2, -0.15) is 4.98 Å². The van der Waals surface area contributed by atoms with Crippen molar-refractivity contribution in [3.05, 3.63) is 44.8 Å². The number of halogens is 2. The average Bonchev–Trinajstić information content (AvgIpc) is 3.37. The zero-order chi connectivity index (χ0) is 22.6. The first-order valence-corrected chi connectivity index (χ1v) is 11.7. The number of rotatable bonds is 3. The summed E-state index contributed by atoms with van der Waals surface area (Å²) < 4.78 is 7.50. The van der Waals surface area contributed by atoms with Crippen LogP contribution in [0.3, 0.4) is 0 Å². The van der Waals surface area contributed by atoms with Gasteiger partial charge < -0.3 is 19.5 Å². The Balaban J connectivity index is 1.48. The predicted octanol–water partition coefficient (Wildman–Crippen LogP) is 4.73. The first kappa shape index (κ1) is 21.6. The van der Waals surface area contributed by atoms with Crippen LogP contribution in [0.25, 0.3) is 11.0 Å². The first-order chi connectivity index (χ1) is 15.3. The molecule has 4 heterocycles. The van der Waals surface area contributed by atoms with Crippen molar-refractivity contribution in [1.29, 1.82) is 0 Å². The number of nitrogens with zero attached hydrogens (tertiary/aromatic N) is 4. The maximum atomic E-state index is 13.4. The van der Waals surface area contributed by atoms with E-state index in [1.165, 1.54) is 0 Å². The summed E-state index contributed by atoms with van der Waals surface area (Å²) in [4.78, 5) is 25.5. The van der Waals surface area contributed by atoms with E-state index < -0.39 is 0 Å². The second-order valence-electron chi connectivity index (χ2n) is 9.12. The van der Waals surface area contributed by atoms with Crippen LogP contribution in [-0.4, -0.2) is 47.4 Å². The molecule has 32 heavy (non-hydrogen) atoms. The summed E-state index contributed by atoms with van der Waals surface area (Å²) in [5.41, 5.74) is 2.18. The molecule has 9 heteroatoms. The lowest BCUT2D eigenvalue weighted by Crippen LogP contribution is -2.43. The van der Waals surface area contributed by atoms with Gasteiger partial charge in [-0.3, -0.25) is 9.36 Å². The number of piperidine rings is 1. The molecule has 2 aliphatic heterocycles. The molecule has 2 saturated heterocycles. The standard InChI is InChI=1S/C23H27Cl2N5O2/c1-14-11-23(13-32-14)7-9-30(10-8-23)22-27-20-18(21(31)29(22)3)17(12-26-20)28(2)16-6-4-5-15(24)19(16)25/h4-6,12,14,26H,7-11,13H2,1-3H3/t14-/m0/s1. The lowest BCUT2D eigenvalue weighted by atomic mass is 9.77. The van der Waals surface area contributed by atoms with Gasteiger partial charge in [-0.15, -0.1) is 0 Å². The van der Waals surface area contributed by atoms with Gasteiger partial charge in [-0.1, -0.05) is 29.3 Å². The van der Waals surface area contributed by atoms with Crippen LogP contribution >= 0.6 is 23.2 Å². The smallest absolute Gasteiger partial charge is 0.266 e. The van der Waals surface area contributed by atoms with Gasteiger partial charge in [0.1, 0.15) is 11.0 Å². The molecule has 1 atom stereocenters. The van der Waals surface area contributed by atoms with Crippen LogP contribution in [-0.2, 0) is 11.8 Å². The Morgan fingerprint density at radius 1 is 1.25 bits per heavy atom. The Morgan fingerprint density at radius 3 is 2.69 bits per heavy atom. The van der Waals surface area contributed by atoms with E-state index in [1.54, 1.807) is 23.9 Å². The van der Waals surface area contributed by atoms with E-state index in [9.17, 15) is 4.79 Å². The molecule has 170 valence electrons. The SMILES string of the molecule is C[C@H]1CC2(CCN(c3nc4[nH]cc(N(C)c5cccc(Cl)c5Cl)c4c(=O)n3C)CC2)CO1. The molecule has 2 aliphatic rings. The Kier molecular flexibility index (Phi) is 5.39. The fourth-order valence-corrected chi connectivity index (χ4v) is 5.56. The third-order valence-corrected chi connectivity index (χ3v) is 7.83. The van der Waals surface area contributed by atoms with Crippen LogP contribution in [0.4, 0.5) is 17.3 Å². The molecule has 0 amide bonds. The second-order valence-corrected chi connectivity index (χ2v) is 9.90. The van der Waals surface area contributed by atoms with Gasteiger partial charge in [0.2, 0.25) is 5.95 Å². The Hall–Kier alpha value is -2.22. The molecule has 3 aromatic rings. The number of aromatic amines is 1. The van der Waals surface area contributed by atoms with E-state index >= 15 is 0 Å². The summed E-state index contributed by atoms with van der Waals surface area (Å²) >= 11 is 12.6. The van der Waals surface area contributed by atoms with Crippen molar-refractivity contribution in [2.45, 2.75) is 32.3 Å². The van der Waals surface area contributed by atoms with Crippen molar-refractivity contribution in [3.63, 3.8) is 0 Å². The average molecular weight is 476 g/mol. The highest BCUT2D eigenvalue weighted by atomic mass is 35.5. The van der Waals surface area contributed by atoms with E-state index in [0.29, 0.717) is 38.8 Å². The number of anilines is 3. The fraction of sp³-hybridized carbons (Fsp3) is 0.478. The molecular formula is C23H27Cl2N5O2. The number of ether oxygens (including phenoxy) is 1. The summed E-state index contributed by atoms with van der Waals surface area (Å²) in [6, 6.07) is 5.45. The molecule has 1 aromatic carbocycles. The predicted molar refractivity (Wildman–Crippen MR) is 130 cm³/mol. The summed E-state index contributed by atoms with van der Waals surface area (Å²) in [6.07, 6.45) is 5.35. The third-order valence-electron chi connectivity index (χ3n) is 7.02. The minimum atomic E-state index is -0.0932. The molecule has 1 N–H and O–H groups in total. The molecule has 2 fully saturated rings. The number of H-pyrrole nitrogens is 1. The zero-order valence-corrected chi connectivity index (χ0v) is 20.0. The van der Waals surface area contributed by atoms with Crippen molar-refractivity contribution in [2.75, 3.05) is 36.5 Å². The monoisotopic (exact) mass is 475 g/mol. The number of aromatic nitrogens is 3. The maximum absolute atomic E-state index is 13.4. The van der Waals surface area contributed by atoms with Gasteiger partial charge in [0.05, 0.1) is 34.1 Å². The molecule has 2 aromatic heterocycles. The van der Waals surface area contributed by atoms with Gasteiger partial charge in [0, 0.05) is 33.4 Å². The molecule has 0 aliphatic carbocycles. The van der Waals surface area contributed by atoms with E-state index in [0.717, 1.165) is 44.6 Å². The Morgan fingerprint density at radius 2 is 2.00 bits per heavy atom. The molecular weight excluding hydrogens is 449 g/mol. The minimum Gasteiger partial charge on any atom is -0.378 e. The van der Waals surface area contributed by atoms with Crippen LogP contribution in [0.5, 0.6) is 0 Å². The van der Waals surface area contributed by atoms with E-state index in [4.69, 9.17) is 32.9 Å². The van der Waals surface area contributed by atoms with Gasteiger partial charge in [0.25, 0.3) is 5.56 Å². The zero-order valence-electron chi connectivity index (χ0n) is 18.5. The number of fused-ring (bicyclic) bond motifs is 1. The summed E-state index contributed by atoms with van der Waals surface area (Å²) in [5.74, 6) is 0.696. The van der Waals surface area contributed by atoms with Gasteiger partial charge in [0.15, 0.2) is 0 Å². The maximum Gasteiger partial charge on any atom is 0.266 e. The van der Waals surface area contributed by atoms with Crippen molar-refractivity contribution < 1.29 is 4.74 Å². The minimum absolute atomic E-state index is 0.0932. The van der Waals surface area contributed by atoms with Crippen molar-refractivity contribution in [2.24, 2.45) is 12.5 Å². The Bertz CT molecular complexity index is 1230. The molecule has 1 spiro atoms. The fourth-order valence-electron chi connectivity index (χ4n) is 5.14. The topological polar surface area (TPSA) is 66.4 Å². The van der Waals surface area contributed by atoms with E-state index in [1.807, 2.05) is 24.1 Å². The first-order valence-electron chi connectivity index (χ1n) is 10.9. The van der Waals surface area contributed by atoms with Gasteiger partial charge >= 0.3 is 0 Å². The molecule has 0 unspecified atom stereocenters. The highest BCUT2D eigenvalue weighted by Crippen LogP contribution is 2.42. The highest BCUT2D eigenvalue weighted by Gasteiger charge is 2.41. The van der Waals surface area contributed by atoms with E-state index in [2.05, 4.69) is 16.8 Å². The van der Waals surface area contributed by atoms with Gasteiger partial charge in [-0.05, 0) is 43.7 Å². The summed E-state index contributed by atoms with van der Waals surface area (Å²) in [7, 11) is 3.65. The third kappa shape index (κ3) is 3.47. The van der Waals surface area contributed by atoms with Crippen LogP contribution < -0.4 is 15.4 Å². The number of benzene rings is 1. The molecule has 0 radical (unpaired) electrons. The van der Waals surface area contributed by atoms with Crippen molar-refractivity contribution >= 4 is 51.6 Å². The van der Waals surface area contributed by atoms with Crippen molar-refractivity contribution in [1.82, 2.24) is 14.5 Å². The van der Waals surface area contributed by atoms with Crippen molar-refractivity contribution in [3.8, 4) is 0 Å². The van der Waals surface area contributed by atoms with Crippen LogP contribution in [0, 0.1) is 5.41 Å². The summed E-state index contributed by atoms with van der Waals surface area (Å²) in [5, 5.41) is 1.44. The normalized spacial score (nSPS) is 20.4. The molecule has 7 nitrogen and oxygen atoms in total. The highest BCUT2D eigenvalue weighted by molar-refractivity contribution is 6.43. The van der Waals surface area contributed by atoms with E-state index in [-0.39, 0.29) is 11.0 Å². The van der Waals surface area contributed by atoms with Crippen LogP contribution in [0.15, 0.2) is 29.2 Å². The Labute approximate surface area is 196 Å². The van der Waals surface area contributed by atoms with Gasteiger partial charge in [-0.25, -0.2) is 0 Å².